The molecule has 0 amide bonds. The Balaban J connectivity index is 2.02. The summed E-state index contributed by atoms with van der Waals surface area (Å²) in [5.41, 5.74) is -0.230. The molecule has 0 bridgehead atoms. The lowest BCUT2D eigenvalue weighted by molar-refractivity contribution is 0.0231. The van der Waals surface area contributed by atoms with Crippen LogP contribution < -0.4 is 10.2 Å². The Hall–Kier alpha value is -0.840. The number of nitrogens with zero attached hydrogens (tertiary/aromatic N) is 2. The quantitative estimate of drug-likeness (QED) is 0.851. The molecule has 5 heteroatoms. The summed E-state index contributed by atoms with van der Waals surface area (Å²) in [4.78, 5) is 6.55. The number of ether oxygens (including phenoxy) is 1. The standard InChI is InChI=1S/C13H20ClN3O/c1-4-17(12-7-5-6-11(14)15-12)8-10-9-18-13(2,3)16-10/h5-7,10,16H,4,8-9H2,1-3H3. The molecule has 1 aromatic heterocycles. The second-order valence-electron chi connectivity index (χ2n) is 5.02. The van der Waals surface area contributed by atoms with Crippen LogP contribution in [0.5, 0.6) is 0 Å². The molecular weight excluding hydrogens is 250 g/mol. The van der Waals surface area contributed by atoms with Crippen molar-refractivity contribution in [2.24, 2.45) is 0 Å². The minimum absolute atomic E-state index is 0.230. The van der Waals surface area contributed by atoms with Crippen molar-refractivity contribution in [1.82, 2.24) is 10.3 Å². The first-order valence-corrected chi connectivity index (χ1v) is 6.67. The van der Waals surface area contributed by atoms with Crippen molar-refractivity contribution in [3.8, 4) is 0 Å². The van der Waals surface area contributed by atoms with E-state index in [1.807, 2.05) is 26.0 Å². The number of likely N-dealkylation sites (N-methyl/N-ethyl adjacent to an activating group) is 1. The highest BCUT2D eigenvalue weighted by atomic mass is 35.5. The largest absolute Gasteiger partial charge is 0.360 e. The Kier molecular flexibility index (Phi) is 4.10. The molecule has 0 spiro atoms. The Labute approximate surface area is 113 Å². The molecule has 2 heterocycles. The predicted molar refractivity (Wildman–Crippen MR) is 74.1 cm³/mol. The summed E-state index contributed by atoms with van der Waals surface area (Å²) in [6.45, 7) is 8.69. The van der Waals surface area contributed by atoms with Crippen molar-refractivity contribution in [2.75, 3.05) is 24.6 Å². The van der Waals surface area contributed by atoms with Gasteiger partial charge in [0.15, 0.2) is 0 Å². The summed E-state index contributed by atoms with van der Waals surface area (Å²) < 4.78 is 5.67. The fourth-order valence-electron chi connectivity index (χ4n) is 2.21. The summed E-state index contributed by atoms with van der Waals surface area (Å²) in [6, 6.07) is 6.02. The fourth-order valence-corrected chi connectivity index (χ4v) is 2.37. The van der Waals surface area contributed by atoms with Gasteiger partial charge in [0.2, 0.25) is 0 Å². The first-order chi connectivity index (χ1) is 8.50. The Morgan fingerprint density at radius 2 is 2.33 bits per heavy atom. The van der Waals surface area contributed by atoms with E-state index in [9.17, 15) is 0 Å². The summed E-state index contributed by atoms with van der Waals surface area (Å²) >= 11 is 5.93. The number of rotatable bonds is 4. The van der Waals surface area contributed by atoms with Crippen LogP contribution in [0.1, 0.15) is 20.8 Å². The molecule has 100 valence electrons. The maximum atomic E-state index is 5.93. The van der Waals surface area contributed by atoms with Crippen molar-refractivity contribution in [1.29, 1.82) is 0 Å². The molecule has 1 aliphatic rings. The van der Waals surface area contributed by atoms with Crippen LogP contribution in [0.15, 0.2) is 18.2 Å². The van der Waals surface area contributed by atoms with Gasteiger partial charge in [0.05, 0.1) is 12.6 Å². The Morgan fingerprint density at radius 3 is 2.89 bits per heavy atom. The normalized spacial score (nSPS) is 22.1. The van der Waals surface area contributed by atoms with Gasteiger partial charge in [-0.3, -0.25) is 5.32 Å². The van der Waals surface area contributed by atoms with E-state index in [-0.39, 0.29) is 5.72 Å². The number of anilines is 1. The van der Waals surface area contributed by atoms with Gasteiger partial charge < -0.3 is 9.64 Å². The number of halogens is 1. The molecule has 18 heavy (non-hydrogen) atoms. The predicted octanol–water partition coefficient (Wildman–Crippen LogP) is 2.29. The van der Waals surface area contributed by atoms with Crippen molar-refractivity contribution in [2.45, 2.75) is 32.5 Å². The average Bonchev–Trinajstić information content (AvgIpc) is 2.65. The van der Waals surface area contributed by atoms with Crippen LogP contribution in [-0.2, 0) is 4.74 Å². The van der Waals surface area contributed by atoms with Gasteiger partial charge in [-0.2, -0.15) is 0 Å². The molecular formula is C13H20ClN3O. The lowest BCUT2D eigenvalue weighted by atomic mass is 10.2. The highest BCUT2D eigenvalue weighted by Gasteiger charge is 2.31. The first kappa shape index (κ1) is 13.6. The third-order valence-electron chi connectivity index (χ3n) is 3.04. The molecule has 0 radical (unpaired) electrons. The number of aromatic nitrogens is 1. The number of hydrogen-bond acceptors (Lipinski definition) is 4. The minimum atomic E-state index is -0.230. The molecule has 1 unspecified atom stereocenters. The SMILES string of the molecule is CCN(CC1COC(C)(C)N1)c1cccc(Cl)n1. The van der Waals surface area contributed by atoms with Crippen LogP contribution in [0.25, 0.3) is 0 Å². The molecule has 0 aromatic carbocycles. The van der Waals surface area contributed by atoms with E-state index in [4.69, 9.17) is 16.3 Å². The van der Waals surface area contributed by atoms with Gasteiger partial charge in [0, 0.05) is 13.1 Å². The van der Waals surface area contributed by atoms with Crippen molar-refractivity contribution < 1.29 is 4.74 Å². The number of nitrogens with one attached hydrogen (secondary N) is 1. The summed E-state index contributed by atoms with van der Waals surface area (Å²) in [6.07, 6.45) is 0. The van der Waals surface area contributed by atoms with E-state index >= 15 is 0 Å². The van der Waals surface area contributed by atoms with E-state index in [0.29, 0.717) is 11.2 Å². The molecule has 1 N–H and O–H groups in total. The Bertz CT molecular complexity index is 411. The monoisotopic (exact) mass is 269 g/mol. The van der Waals surface area contributed by atoms with Crippen LogP contribution in [-0.4, -0.2) is 36.4 Å². The lowest BCUT2D eigenvalue weighted by Gasteiger charge is -2.26. The molecule has 1 atom stereocenters. The molecule has 1 saturated heterocycles. The average molecular weight is 270 g/mol. The maximum absolute atomic E-state index is 5.93. The van der Waals surface area contributed by atoms with Gasteiger partial charge in [-0.05, 0) is 32.9 Å². The molecule has 2 rings (SSSR count). The topological polar surface area (TPSA) is 37.4 Å². The van der Waals surface area contributed by atoms with Crippen LogP contribution in [0, 0.1) is 0 Å². The zero-order chi connectivity index (χ0) is 13.2. The second kappa shape index (κ2) is 5.43. The van der Waals surface area contributed by atoms with E-state index in [0.717, 1.165) is 25.5 Å². The third kappa shape index (κ3) is 3.34. The van der Waals surface area contributed by atoms with Crippen molar-refractivity contribution >= 4 is 17.4 Å². The summed E-state index contributed by atoms with van der Waals surface area (Å²) in [5, 5.41) is 3.98. The second-order valence-corrected chi connectivity index (χ2v) is 5.41. The minimum Gasteiger partial charge on any atom is -0.360 e. The van der Waals surface area contributed by atoms with Gasteiger partial charge in [0.1, 0.15) is 16.7 Å². The molecule has 1 aliphatic heterocycles. The molecule has 1 fully saturated rings. The van der Waals surface area contributed by atoms with Crippen LogP contribution >= 0.6 is 11.6 Å². The zero-order valence-corrected chi connectivity index (χ0v) is 11.9. The molecule has 1 aromatic rings. The smallest absolute Gasteiger partial charge is 0.131 e. The number of pyridine rings is 1. The number of hydrogen-bond donors (Lipinski definition) is 1. The van der Waals surface area contributed by atoms with E-state index in [1.165, 1.54) is 0 Å². The maximum Gasteiger partial charge on any atom is 0.131 e. The van der Waals surface area contributed by atoms with Gasteiger partial charge in [-0.15, -0.1) is 0 Å². The van der Waals surface area contributed by atoms with Gasteiger partial charge >= 0.3 is 0 Å². The molecule has 4 nitrogen and oxygen atoms in total. The van der Waals surface area contributed by atoms with Gasteiger partial charge in [-0.1, -0.05) is 17.7 Å². The Morgan fingerprint density at radius 1 is 1.56 bits per heavy atom. The van der Waals surface area contributed by atoms with Crippen molar-refractivity contribution in [3.63, 3.8) is 0 Å². The third-order valence-corrected chi connectivity index (χ3v) is 3.25. The van der Waals surface area contributed by atoms with Crippen LogP contribution in [0.3, 0.4) is 0 Å². The molecule has 0 saturated carbocycles. The highest BCUT2D eigenvalue weighted by molar-refractivity contribution is 6.29. The van der Waals surface area contributed by atoms with Crippen molar-refractivity contribution in [3.05, 3.63) is 23.4 Å². The first-order valence-electron chi connectivity index (χ1n) is 6.29. The van der Waals surface area contributed by atoms with E-state index < -0.39 is 0 Å². The summed E-state index contributed by atoms with van der Waals surface area (Å²) in [7, 11) is 0. The fraction of sp³-hybridized carbons (Fsp3) is 0.615. The van der Waals surface area contributed by atoms with Gasteiger partial charge in [0.25, 0.3) is 0 Å². The van der Waals surface area contributed by atoms with E-state index in [1.54, 1.807) is 6.07 Å². The van der Waals surface area contributed by atoms with E-state index in [2.05, 4.69) is 22.1 Å². The van der Waals surface area contributed by atoms with Gasteiger partial charge in [-0.25, -0.2) is 4.98 Å². The highest BCUT2D eigenvalue weighted by Crippen LogP contribution is 2.18. The zero-order valence-electron chi connectivity index (χ0n) is 11.1. The lowest BCUT2D eigenvalue weighted by Crippen LogP contribution is -2.44. The summed E-state index contributed by atoms with van der Waals surface area (Å²) in [5.74, 6) is 0.913. The van der Waals surface area contributed by atoms with Crippen LogP contribution in [0.2, 0.25) is 5.15 Å². The molecule has 0 aliphatic carbocycles. The van der Waals surface area contributed by atoms with Crippen LogP contribution in [0.4, 0.5) is 5.82 Å².